The fourth-order valence-electron chi connectivity index (χ4n) is 4.42. The highest BCUT2D eigenvalue weighted by Gasteiger charge is 2.38. The molecule has 0 unspecified atom stereocenters. The minimum absolute atomic E-state index is 0.00891. The molecule has 4 aromatic rings. The van der Waals surface area contributed by atoms with Gasteiger partial charge < -0.3 is 25.0 Å². The van der Waals surface area contributed by atoms with E-state index in [1.807, 2.05) is 48.5 Å². The van der Waals surface area contributed by atoms with Crippen LogP contribution in [-0.4, -0.2) is 48.2 Å². The summed E-state index contributed by atoms with van der Waals surface area (Å²) in [6.45, 7) is 3.53. The molecule has 2 heterocycles. The highest BCUT2D eigenvalue weighted by Crippen LogP contribution is 2.43. The summed E-state index contributed by atoms with van der Waals surface area (Å²) < 4.78 is 14.6. The highest BCUT2D eigenvalue weighted by molar-refractivity contribution is 7.99. The van der Waals surface area contributed by atoms with Crippen molar-refractivity contribution in [3.05, 3.63) is 89.5 Å². The lowest BCUT2D eigenvalue weighted by Gasteiger charge is -2.41. The normalized spacial score (nSPS) is 21.0. The molecule has 0 bridgehead atoms. The molecule has 202 valence electrons. The summed E-state index contributed by atoms with van der Waals surface area (Å²) in [6.07, 6.45) is -1.10. The van der Waals surface area contributed by atoms with Gasteiger partial charge in [0, 0.05) is 29.8 Å². The van der Waals surface area contributed by atoms with E-state index < -0.39 is 6.29 Å². The number of aromatic hydroxyl groups is 1. The minimum Gasteiger partial charge on any atom is -0.508 e. The second kappa shape index (κ2) is 12.0. The van der Waals surface area contributed by atoms with Crippen molar-refractivity contribution >= 4 is 23.4 Å². The summed E-state index contributed by atoms with van der Waals surface area (Å²) in [7, 11) is 0. The van der Waals surface area contributed by atoms with Crippen LogP contribution in [0, 0.1) is 5.92 Å². The fourth-order valence-corrected chi connectivity index (χ4v) is 5.47. The molecule has 0 radical (unpaired) electrons. The lowest BCUT2D eigenvalue weighted by Crippen LogP contribution is -2.38. The van der Waals surface area contributed by atoms with Gasteiger partial charge in [-0.15, -0.1) is 5.10 Å². The van der Waals surface area contributed by atoms with Gasteiger partial charge in [0.15, 0.2) is 6.29 Å². The van der Waals surface area contributed by atoms with E-state index in [-0.39, 0.29) is 36.4 Å². The van der Waals surface area contributed by atoms with Gasteiger partial charge in [0.05, 0.1) is 24.5 Å². The molecule has 0 spiro atoms. The number of hydrogen-bond donors (Lipinski definition) is 3. The minimum atomic E-state index is -0.631. The largest absolute Gasteiger partial charge is 0.508 e. The maximum Gasteiger partial charge on any atom is 0.221 e. The Kier molecular flexibility index (Phi) is 8.22. The van der Waals surface area contributed by atoms with Crippen molar-refractivity contribution in [1.82, 2.24) is 20.2 Å². The van der Waals surface area contributed by atoms with Crippen LogP contribution in [0.1, 0.15) is 42.9 Å². The number of nitrogens with one attached hydrogen (secondary N) is 1. The molecule has 0 saturated carbocycles. The Morgan fingerprint density at radius 3 is 2.36 bits per heavy atom. The zero-order chi connectivity index (χ0) is 27.4. The van der Waals surface area contributed by atoms with Crippen molar-refractivity contribution in [3.63, 3.8) is 0 Å². The number of amides is 1. The first-order valence-corrected chi connectivity index (χ1v) is 13.5. The summed E-state index contributed by atoms with van der Waals surface area (Å²) in [6, 6.07) is 21.8. The Balaban J connectivity index is 1.38. The molecule has 1 aliphatic heterocycles. The zero-order valence-corrected chi connectivity index (χ0v) is 22.3. The number of carbonyl (C=O) groups is 1. The average Bonchev–Trinajstić information content (AvgIpc) is 3.42. The SMILES string of the molecule is CC(=O)Nc1ccc([C@@H]2O[C@H](CSc3nnnn3-c3ccc(O)cc3)[C@H](C)[C@H](c3ccc(CO)cc3)O2)cc1. The van der Waals surface area contributed by atoms with Gasteiger partial charge in [-0.1, -0.05) is 55.1 Å². The number of phenols is 1. The molecule has 1 amide bonds. The number of rotatable bonds is 8. The first-order valence-electron chi connectivity index (χ1n) is 12.5. The van der Waals surface area contributed by atoms with E-state index in [0.29, 0.717) is 16.6 Å². The third-order valence-electron chi connectivity index (χ3n) is 6.54. The van der Waals surface area contributed by atoms with Gasteiger partial charge in [-0.05, 0) is 58.0 Å². The van der Waals surface area contributed by atoms with Crippen LogP contribution in [0.25, 0.3) is 5.69 Å². The summed E-state index contributed by atoms with van der Waals surface area (Å²) in [4.78, 5) is 11.4. The summed E-state index contributed by atoms with van der Waals surface area (Å²) in [5.41, 5.74) is 4.08. The predicted molar refractivity (Wildman–Crippen MR) is 145 cm³/mol. The topological polar surface area (TPSA) is 132 Å². The second-order valence-corrected chi connectivity index (χ2v) is 10.3. The van der Waals surface area contributed by atoms with E-state index >= 15 is 0 Å². The second-order valence-electron chi connectivity index (χ2n) is 9.33. The number of anilines is 1. The number of hydrogen-bond acceptors (Lipinski definition) is 9. The van der Waals surface area contributed by atoms with Crippen molar-refractivity contribution in [2.45, 2.75) is 44.1 Å². The average molecular weight is 548 g/mol. The van der Waals surface area contributed by atoms with Crippen molar-refractivity contribution in [1.29, 1.82) is 0 Å². The molecule has 3 aromatic carbocycles. The van der Waals surface area contributed by atoms with Crippen LogP contribution >= 0.6 is 11.8 Å². The number of carbonyl (C=O) groups excluding carboxylic acids is 1. The number of aromatic nitrogens is 4. The number of tetrazole rings is 1. The first-order chi connectivity index (χ1) is 18.9. The maximum atomic E-state index is 11.4. The van der Waals surface area contributed by atoms with E-state index in [4.69, 9.17) is 9.47 Å². The molecule has 1 aromatic heterocycles. The monoisotopic (exact) mass is 547 g/mol. The Hall–Kier alpha value is -3.77. The van der Waals surface area contributed by atoms with E-state index in [0.717, 1.165) is 22.4 Å². The van der Waals surface area contributed by atoms with Crippen molar-refractivity contribution in [2.24, 2.45) is 5.92 Å². The van der Waals surface area contributed by atoms with Gasteiger partial charge in [-0.2, -0.15) is 4.68 Å². The maximum absolute atomic E-state index is 11.4. The molecule has 3 N–H and O–H groups in total. The van der Waals surface area contributed by atoms with E-state index in [1.165, 1.54) is 18.7 Å². The highest BCUT2D eigenvalue weighted by atomic mass is 32.2. The third kappa shape index (κ3) is 6.28. The van der Waals surface area contributed by atoms with Gasteiger partial charge in [-0.3, -0.25) is 4.79 Å². The molecule has 5 rings (SSSR count). The van der Waals surface area contributed by atoms with Crippen molar-refractivity contribution in [2.75, 3.05) is 11.1 Å². The number of thioether (sulfide) groups is 1. The smallest absolute Gasteiger partial charge is 0.221 e. The van der Waals surface area contributed by atoms with Crippen molar-refractivity contribution in [3.8, 4) is 11.4 Å². The van der Waals surface area contributed by atoms with Gasteiger partial charge in [0.2, 0.25) is 11.1 Å². The third-order valence-corrected chi connectivity index (χ3v) is 7.55. The molecule has 0 aliphatic carbocycles. The number of nitrogens with zero attached hydrogens (tertiary/aromatic N) is 4. The van der Waals surface area contributed by atoms with Crippen LogP contribution in [0.4, 0.5) is 5.69 Å². The van der Waals surface area contributed by atoms with Crippen molar-refractivity contribution < 1.29 is 24.5 Å². The molecular weight excluding hydrogens is 518 g/mol. The Morgan fingerprint density at radius 1 is 1.00 bits per heavy atom. The lowest BCUT2D eigenvalue weighted by atomic mass is 9.91. The molecule has 10 nitrogen and oxygen atoms in total. The Labute approximate surface area is 230 Å². The number of aliphatic hydroxyl groups excluding tert-OH is 1. The molecule has 4 atom stereocenters. The molecule has 1 saturated heterocycles. The van der Waals surface area contributed by atoms with Crippen LogP contribution in [-0.2, 0) is 20.9 Å². The van der Waals surface area contributed by atoms with E-state index in [9.17, 15) is 15.0 Å². The summed E-state index contributed by atoms with van der Waals surface area (Å²) in [5.74, 6) is 0.583. The van der Waals surface area contributed by atoms with Gasteiger partial charge in [-0.25, -0.2) is 0 Å². The van der Waals surface area contributed by atoms with Gasteiger partial charge in [0.25, 0.3) is 0 Å². The summed E-state index contributed by atoms with van der Waals surface area (Å²) in [5, 5.41) is 34.6. The molecule has 1 aliphatic rings. The Bertz CT molecular complexity index is 1400. The van der Waals surface area contributed by atoms with E-state index in [1.54, 1.807) is 28.9 Å². The van der Waals surface area contributed by atoms with Crippen LogP contribution in [0.3, 0.4) is 0 Å². The quantitative estimate of drug-likeness (QED) is 0.275. The number of ether oxygens (including phenoxy) is 2. The molecule has 11 heteroatoms. The van der Waals surface area contributed by atoms with E-state index in [2.05, 4.69) is 27.8 Å². The standard InChI is InChI=1S/C28H29N5O5S/c1-17-25(16-39-28-30-31-32-33(28)23-11-13-24(36)14-12-23)37-27(21-7-9-22(10-8-21)29-18(2)35)38-26(17)20-5-3-19(15-34)4-6-20/h3-14,17,25-27,34,36H,15-16H2,1-2H3,(H,29,35)/t17-,25+,26+,27+/m0/s1. The number of aliphatic hydroxyl groups is 1. The van der Waals surface area contributed by atoms with Crippen LogP contribution < -0.4 is 5.32 Å². The Morgan fingerprint density at radius 2 is 1.69 bits per heavy atom. The zero-order valence-electron chi connectivity index (χ0n) is 21.5. The van der Waals surface area contributed by atoms with Crippen LogP contribution in [0.15, 0.2) is 78.0 Å². The fraction of sp³-hybridized carbons (Fsp3) is 0.286. The van der Waals surface area contributed by atoms with Crippen LogP contribution in [0.2, 0.25) is 0 Å². The molecule has 39 heavy (non-hydrogen) atoms. The number of phenolic OH excluding ortho intramolecular Hbond substituents is 1. The lowest BCUT2D eigenvalue weighted by molar-refractivity contribution is -0.268. The number of benzene rings is 3. The van der Waals surface area contributed by atoms with Gasteiger partial charge >= 0.3 is 0 Å². The summed E-state index contributed by atoms with van der Waals surface area (Å²) >= 11 is 1.48. The predicted octanol–water partition coefficient (Wildman–Crippen LogP) is 4.40. The first kappa shape index (κ1) is 26.8. The van der Waals surface area contributed by atoms with Gasteiger partial charge in [0.1, 0.15) is 5.75 Å². The molecular formula is C28H29N5O5S. The van der Waals surface area contributed by atoms with Crippen LogP contribution in [0.5, 0.6) is 5.75 Å². The molecule has 1 fully saturated rings.